The number of imide groups is 1. The molecule has 2 N–H and O–H groups in total. The minimum Gasteiger partial charge on any atom is -0.495 e. The summed E-state index contributed by atoms with van der Waals surface area (Å²) < 4.78 is 32.7. The molecule has 3 rings (SSSR count). The van der Waals surface area contributed by atoms with Crippen molar-refractivity contribution < 1.29 is 23.1 Å². The van der Waals surface area contributed by atoms with Crippen LogP contribution in [0.2, 0.25) is 0 Å². The predicted octanol–water partition coefficient (Wildman–Crippen LogP) is 5.09. The standard InChI is InChI=1S/C21H16F2N2O3S/c1-28-17-12-13(10-11-18(17)29-14-6-3-2-4-7-14)24-21(27)25-20(26)19-15(22)8-5-9-16(19)23/h2-12H,1H3,(H2,24,25,26,27). The van der Waals surface area contributed by atoms with E-state index in [4.69, 9.17) is 4.74 Å². The molecule has 0 aliphatic rings. The lowest BCUT2D eigenvalue weighted by atomic mass is 10.2. The van der Waals surface area contributed by atoms with E-state index in [-0.39, 0.29) is 0 Å². The molecule has 0 saturated carbocycles. The van der Waals surface area contributed by atoms with E-state index in [2.05, 4.69) is 5.32 Å². The molecule has 0 aromatic heterocycles. The van der Waals surface area contributed by atoms with Gasteiger partial charge in [0.2, 0.25) is 0 Å². The van der Waals surface area contributed by atoms with Crippen LogP contribution in [-0.4, -0.2) is 19.0 Å². The highest BCUT2D eigenvalue weighted by Gasteiger charge is 2.19. The summed E-state index contributed by atoms with van der Waals surface area (Å²) >= 11 is 1.49. The van der Waals surface area contributed by atoms with Crippen molar-refractivity contribution >= 4 is 29.4 Å². The SMILES string of the molecule is COc1cc(NC(=O)NC(=O)c2c(F)cccc2F)ccc1Sc1ccccc1. The molecule has 8 heteroatoms. The molecule has 0 unspecified atom stereocenters. The maximum atomic E-state index is 13.6. The van der Waals surface area contributed by atoms with Crippen LogP contribution < -0.4 is 15.4 Å². The smallest absolute Gasteiger partial charge is 0.326 e. The lowest BCUT2D eigenvalue weighted by Gasteiger charge is -2.12. The quantitative estimate of drug-likeness (QED) is 0.611. The van der Waals surface area contributed by atoms with Crippen LogP contribution in [0.3, 0.4) is 0 Å². The Morgan fingerprint density at radius 2 is 1.62 bits per heavy atom. The van der Waals surface area contributed by atoms with Gasteiger partial charge in [-0.05, 0) is 36.4 Å². The van der Waals surface area contributed by atoms with Gasteiger partial charge in [0.25, 0.3) is 5.91 Å². The number of hydrogen-bond acceptors (Lipinski definition) is 4. The summed E-state index contributed by atoms with van der Waals surface area (Å²) in [5.74, 6) is -2.78. The van der Waals surface area contributed by atoms with Crippen LogP contribution in [0.5, 0.6) is 5.75 Å². The molecule has 148 valence electrons. The van der Waals surface area contributed by atoms with Crippen molar-refractivity contribution in [3.63, 3.8) is 0 Å². The topological polar surface area (TPSA) is 67.4 Å². The first-order valence-corrected chi connectivity index (χ1v) is 9.27. The van der Waals surface area contributed by atoms with Gasteiger partial charge in [0, 0.05) is 16.6 Å². The number of hydrogen-bond donors (Lipinski definition) is 2. The highest BCUT2D eigenvalue weighted by Crippen LogP contribution is 2.36. The molecule has 0 heterocycles. The zero-order chi connectivity index (χ0) is 20.8. The summed E-state index contributed by atoms with van der Waals surface area (Å²) in [4.78, 5) is 25.9. The van der Waals surface area contributed by atoms with Gasteiger partial charge in [-0.25, -0.2) is 13.6 Å². The van der Waals surface area contributed by atoms with Crippen molar-refractivity contribution in [2.24, 2.45) is 0 Å². The molecule has 3 aromatic rings. The molecule has 29 heavy (non-hydrogen) atoms. The number of nitrogens with one attached hydrogen (secondary N) is 2. The summed E-state index contributed by atoms with van der Waals surface area (Å²) in [5, 5.41) is 4.35. The number of urea groups is 1. The fraction of sp³-hybridized carbons (Fsp3) is 0.0476. The lowest BCUT2D eigenvalue weighted by Crippen LogP contribution is -2.35. The molecule has 0 aliphatic carbocycles. The molecule has 0 fully saturated rings. The zero-order valence-corrected chi connectivity index (χ0v) is 16.1. The van der Waals surface area contributed by atoms with E-state index in [9.17, 15) is 18.4 Å². The van der Waals surface area contributed by atoms with Gasteiger partial charge in [-0.2, -0.15) is 0 Å². The van der Waals surface area contributed by atoms with Crippen LogP contribution >= 0.6 is 11.8 Å². The molecule has 0 spiro atoms. The van der Waals surface area contributed by atoms with Crippen LogP contribution in [0.25, 0.3) is 0 Å². The third-order valence-electron chi connectivity index (χ3n) is 3.81. The molecule has 0 aliphatic heterocycles. The van der Waals surface area contributed by atoms with Gasteiger partial charge in [0.15, 0.2) is 0 Å². The minimum atomic E-state index is -1.18. The van der Waals surface area contributed by atoms with Crippen LogP contribution in [0.1, 0.15) is 10.4 Å². The fourth-order valence-corrected chi connectivity index (χ4v) is 3.41. The molecule has 0 atom stereocenters. The second kappa shape index (κ2) is 9.20. The molecular weight excluding hydrogens is 398 g/mol. The second-order valence-electron chi connectivity index (χ2n) is 5.79. The number of amides is 3. The van der Waals surface area contributed by atoms with Crippen LogP contribution in [0, 0.1) is 11.6 Å². The van der Waals surface area contributed by atoms with E-state index in [1.165, 1.54) is 18.9 Å². The number of anilines is 1. The summed E-state index contributed by atoms with van der Waals surface area (Å²) in [5.41, 5.74) is -0.478. The third kappa shape index (κ3) is 5.11. The Morgan fingerprint density at radius 3 is 2.28 bits per heavy atom. The van der Waals surface area contributed by atoms with Crippen molar-refractivity contribution in [1.29, 1.82) is 0 Å². The van der Waals surface area contributed by atoms with Crippen molar-refractivity contribution in [2.45, 2.75) is 9.79 Å². The van der Waals surface area contributed by atoms with Crippen molar-refractivity contribution in [1.82, 2.24) is 5.32 Å². The molecule has 3 amide bonds. The van der Waals surface area contributed by atoms with Gasteiger partial charge in [-0.3, -0.25) is 10.1 Å². The number of carbonyl (C=O) groups is 2. The molecule has 5 nitrogen and oxygen atoms in total. The first kappa shape index (κ1) is 20.3. The van der Waals surface area contributed by atoms with E-state index >= 15 is 0 Å². The van der Waals surface area contributed by atoms with Gasteiger partial charge in [0.05, 0.1) is 12.0 Å². The fourth-order valence-electron chi connectivity index (χ4n) is 2.49. The Labute approximate surface area is 170 Å². The Morgan fingerprint density at radius 1 is 0.931 bits per heavy atom. The first-order chi connectivity index (χ1) is 14.0. The first-order valence-electron chi connectivity index (χ1n) is 8.45. The average Bonchev–Trinajstić information content (AvgIpc) is 2.69. The number of ether oxygens (including phenoxy) is 1. The number of carbonyl (C=O) groups excluding carboxylic acids is 2. The predicted molar refractivity (Wildman–Crippen MR) is 106 cm³/mol. The summed E-state index contributed by atoms with van der Waals surface area (Å²) in [6, 6.07) is 16.7. The van der Waals surface area contributed by atoms with Crippen LogP contribution in [0.4, 0.5) is 19.3 Å². The largest absolute Gasteiger partial charge is 0.495 e. The minimum absolute atomic E-state index is 0.346. The van der Waals surface area contributed by atoms with Gasteiger partial charge in [0.1, 0.15) is 22.9 Å². The Bertz CT molecular complexity index is 1030. The van der Waals surface area contributed by atoms with Crippen LogP contribution in [0.15, 0.2) is 76.5 Å². The normalized spacial score (nSPS) is 10.3. The van der Waals surface area contributed by atoms with Crippen LogP contribution in [-0.2, 0) is 0 Å². The molecule has 0 radical (unpaired) electrons. The zero-order valence-electron chi connectivity index (χ0n) is 15.2. The van der Waals surface area contributed by atoms with Gasteiger partial charge < -0.3 is 10.1 Å². The molecule has 3 aromatic carbocycles. The number of rotatable bonds is 5. The Kier molecular flexibility index (Phi) is 6.46. The maximum Gasteiger partial charge on any atom is 0.326 e. The number of benzene rings is 3. The van der Waals surface area contributed by atoms with Gasteiger partial charge in [-0.1, -0.05) is 36.0 Å². The third-order valence-corrected chi connectivity index (χ3v) is 4.87. The Hall–Kier alpha value is -3.39. The van der Waals surface area contributed by atoms with Crippen molar-refractivity contribution in [3.05, 3.63) is 83.9 Å². The summed E-state index contributed by atoms with van der Waals surface area (Å²) in [7, 11) is 1.50. The van der Waals surface area contributed by atoms with E-state index < -0.39 is 29.1 Å². The number of methoxy groups -OCH3 is 1. The van der Waals surface area contributed by atoms with Gasteiger partial charge >= 0.3 is 6.03 Å². The summed E-state index contributed by atoms with van der Waals surface area (Å²) in [6.45, 7) is 0. The monoisotopic (exact) mass is 414 g/mol. The molecule has 0 bridgehead atoms. The maximum absolute atomic E-state index is 13.6. The van der Waals surface area contributed by atoms with Gasteiger partial charge in [-0.15, -0.1) is 0 Å². The van der Waals surface area contributed by atoms with E-state index in [1.807, 2.05) is 35.6 Å². The molecular formula is C21H16F2N2O3S. The van der Waals surface area contributed by atoms with Crippen molar-refractivity contribution in [2.75, 3.05) is 12.4 Å². The highest BCUT2D eigenvalue weighted by molar-refractivity contribution is 7.99. The summed E-state index contributed by atoms with van der Waals surface area (Å²) in [6.07, 6.45) is 0. The highest BCUT2D eigenvalue weighted by atomic mass is 32.2. The molecule has 0 saturated heterocycles. The van der Waals surface area contributed by atoms with E-state index in [1.54, 1.807) is 18.2 Å². The lowest BCUT2D eigenvalue weighted by molar-refractivity contribution is 0.0959. The Balaban J connectivity index is 1.69. The second-order valence-corrected chi connectivity index (χ2v) is 6.90. The van der Waals surface area contributed by atoms with E-state index in [0.717, 1.165) is 28.0 Å². The van der Waals surface area contributed by atoms with Crippen molar-refractivity contribution in [3.8, 4) is 5.75 Å². The number of halogens is 2. The average molecular weight is 414 g/mol. The van der Waals surface area contributed by atoms with E-state index in [0.29, 0.717) is 11.4 Å².